The number of Topliss-reactive ketones (excluding diaryl/α,β-unsaturated/α-hetero) is 2. The van der Waals surface area contributed by atoms with E-state index in [1.807, 2.05) is 0 Å². The highest BCUT2D eigenvalue weighted by molar-refractivity contribution is 6.25. The number of hydrogen-bond donors (Lipinski definition) is 6. The molecule has 11 nitrogen and oxygen atoms in total. The van der Waals surface area contributed by atoms with E-state index >= 15 is 0 Å². The van der Waals surface area contributed by atoms with E-state index in [-0.39, 0.29) is 41.0 Å². The first-order chi connectivity index (χ1) is 19.7. The maximum Gasteiger partial charge on any atom is 0.230 e. The van der Waals surface area contributed by atoms with E-state index in [0.717, 1.165) is 0 Å². The zero-order chi connectivity index (χ0) is 30.8. The van der Waals surface area contributed by atoms with E-state index < -0.39 is 58.7 Å². The van der Waals surface area contributed by atoms with Crippen LogP contribution < -0.4 is 10.6 Å². The summed E-state index contributed by atoms with van der Waals surface area (Å²) >= 11 is 0. The zero-order valence-electron chi connectivity index (χ0n) is 23.6. The fraction of sp³-hybridized carbons (Fsp3) is 0.387. The van der Waals surface area contributed by atoms with E-state index in [2.05, 4.69) is 11.8 Å². The normalized spacial score (nSPS) is 28.4. The smallest absolute Gasteiger partial charge is 0.230 e. The molecular weight excluding hydrogens is 542 g/mol. The van der Waals surface area contributed by atoms with Gasteiger partial charge < -0.3 is 41.1 Å². The molecule has 5 rings (SSSR count). The first kappa shape index (κ1) is 29.1. The van der Waals surface area contributed by atoms with Gasteiger partial charge in [-0.05, 0) is 62.7 Å². The first-order valence-electron chi connectivity index (χ1n) is 13.5. The number of phenolic OH excluding ortho intramolecular Hbond substituents is 2. The number of nitrogens with zero attached hydrogens (tertiary/aromatic N) is 2. The van der Waals surface area contributed by atoms with Crippen molar-refractivity contribution in [1.82, 2.24) is 4.90 Å². The van der Waals surface area contributed by atoms with Gasteiger partial charge in [0.2, 0.25) is 11.7 Å². The highest BCUT2D eigenvalue weighted by Crippen LogP contribution is 2.53. The van der Waals surface area contributed by atoms with Gasteiger partial charge in [0.25, 0.3) is 0 Å². The summed E-state index contributed by atoms with van der Waals surface area (Å²) in [5.74, 6) is -2.26. The van der Waals surface area contributed by atoms with Crippen molar-refractivity contribution in [3.8, 4) is 23.3 Å². The summed E-state index contributed by atoms with van der Waals surface area (Å²) in [6.07, 6.45) is -1.34. The summed E-state index contributed by atoms with van der Waals surface area (Å²) in [7, 11) is 6.77. The number of aliphatic hydroxyl groups excluding tert-OH is 2. The summed E-state index contributed by atoms with van der Waals surface area (Å²) in [5.41, 5.74) is 4.23. The molecule has 0 heterocycles. The molecular formula is C31H33N3O8. The lowest BCUT2D eigenvalue weighted by atomic mass is 9.54. The third-order valence-electron chi connectivity index (χ3n) is 8.73. The molecule has 0 saturated heterocycles. The molecule has 6 atom stereocenters. The number of nitrogens with two attached hydrogens (primary N) is 1. The van der Waals surface area contributed by atoms with Crippen LogP contribution in [0.25, 0.3) is 5.76 Å². The Morgan fingerprint density at radius 3 is 2.36 bits per heavy atom. The minimum absolute atomic E-state index is 0.0192. The first-order valence-corrected chi connectivity index (χ1v) is 13.5. The number of phenols is 2. The van der Waals surface area contributed by atoms with Crippen LogP contribution in [0.1, 0.15) is 28.7 Å². The summed E-state index contributed by atoms with van der Waals surface area (Å²) in [4.78, 5) is 43.1. The topological polar surface area (TPSA) is 185 Å². The van der Waals surface area contributed by atoms with Crippen molar-refractivity contribution in [3.63, 3.8) is 0 Å². The summed E-state index contributed by atoms with van der Waals surface area (Å²) in [6, 6.07) is 6.95. The van der Waals surface area contributed by atoms with Crippen LogP contribution in [-0.2, 0) is 20.8 Å². The van der Waals surface area contributed by atoms with Crippen molar-refractivity contribution in [2.45, 2.75) is 30.6 Å². The second-order valence-corrected chi connectivity index (χ2v) is 11.6. The van der Waals surface area contributed by atoms with E-state index in [1.54, 1.807) is 56.2 Å². The van der Waals surface area contributed by atoms with Crippen molar-refractivity contribution in [1.29, 1.82) is 0 Å². The van der Waals surface area contributed by atoms with Crippen LogP contribution in [0, 0.1) is 29.6 Å². The third-order valence-corrected chi connectivity index (χ3v) is 8.73. The van der Waals surface area contributed by atoms with Gasteiger partial charge in [-0.3, -0.25) is 14.4 Å². The van der Waals surface area contributed by atoms with Crippen molar-refractivity contribution >= 4 is 28.9 Å². The van der Waals surface area contributed by atoms with Gasteiger partial charge in [0.1, 0.15) is 23.2 Å². The molecule has 1 amide bonds. The average Bonchev–Trinajstić information content (AvgIpc) is 2.89. The van der Waals surface area contributed by atoms with E-state index in [4.69, 9.17) is 5.73 Å². The molecule has 0 radical (unpaired) electrons. The van der Waals surface area contributed by atoms with Crippen molar-refractivity contribution < 1.29 is 39.9 Å². The molecule has 0 aromatic heterocycles. The highest BCUT2D eigenvalue weighted by Gasteiger charge is 2.67. The van der Waals surface area contributed by atoms with Crippen LogP contribution >= 0.6 is 0 Å². The minimum atomic E-state index is -2.72. The maximum atomic E-state index is 14.1. The number of amides is 1. The molecule has 0 spiro atoms. The number of carbonyl (C=O) groups is 3. The van der Waals surface area contributed by atoms with Crippen LogP contribution in [0.5, 0.6) is 11.5 Å². The zero-order valence-corrected chi connectivity index (χ0v) is 23.6. The van der Waals surface area contributed by atoms with Crippen molar-refractivity contribution in [3.05, 3.63) is 58.2 Å². The summed E-state index contributed by atoms with van der Waals surface area (Å²) in [6.45, 7) is 0. The molecule has 3 aliphatic carbocycles. The number of carbonyl (C=O) groups excluding carboxylic acids is 3. The minimum Gasteiger partial charge on any atom is -0.508 e. The SMILES string of the molecule is CN(C)c1cc(C#Cc2cccc(O)c2)c(O)c2c1C[C@H]1C[C@H]3[C@H](N(C)C)C(O)C(C(N)=O)C(=O)[C@@]3(O)C(=O)C1=C2O. The largest absolute Gasteiger partial charge is 0.508 e. The predicted molar refractivity (Wildman–Crippen MR) is 153 cm³/mol. The number of benzene rings is 2. The highest BCUT2D eigenvalue weighted by atomic mass is 16.3. The van der Waals surface area contributed by atoms with Gasteiger partial charge in [0.15, 0.2) is 11.4 Å². The molecule has 0 bridgehead atoms. The third kappa shape index (κ3) is 4.22. The van der Waals surface area contributed by atoms with E-state index in [1.165, 1.54) is 12.1 Å². The Balaban J connectivity index is 1.70. The quantitative estimate of drug-likeness (QED) is 0.220. The van der Waals surface area contributed by atoms with Gasteiger partial charge in [0.05, 0.1) is 17.2 Å². The Morgan fingerprint density at radius 2 is 1.76 bits per heavy atom. The number of aromatic hydroxyl groups is 2. The predicted octanol–water partition coefficient (Wildman–Crippen LogP) is 0.300. The van der Waals surface area contributed by atoms with E-state index in [9.17, 15) is 39.9 Å². The number of fused-ring (bicyclic) bond motifs is 3. The Labute approximate surface area is 242 Å². The van der Waals surface area contributed by atoms with Gasteiger partial charge in [-0.25, -0.2) is 0 Å². The number of rotatable bonds is 3. The van der Waals surface area contributed by atoms with Crippen molar-refractivity contribution in [2.75, 3.05) is 33.1 Å². The molecule has 11 heteroatoms. The molecule has 220 valence electrons. The molecule has 42 heavy (non-hydrogen) atoms. The molecule has 0 aliphatic heterocycles. The van der Waals surface area contributed by atoms with E-state index in [0.29, 0.717) is 16.8 Å². The molecule has 2 saturated carbocycles. The Morgan fingerprint density at radius 1 is 1.07 bits per heavy atom. The number of ketones is 2. The number of likely N-dealkylation sites (N-methyl/N-ethyl adjacent to an activating group) is 1. The number of primary amides is 1. The Hall–Kier alpha value is -4.37. The van der Waals surface area contributed by atoms with Crippen LogP contribution in [0.3, 0.4) is 0 Å². The second kappa shape index (κ2) is 10.2. The van der Waals surface area contributed by atoms with Crippen LogP contribution in [0.4, 0.5) is 5.69 Å². The van der Waals surface area contributed by atoms with Gasteiger partial charge in [-0.1, -0.05) is 17.9 Å². The number of aliphatic hydroxyl groups is 3. The molecule has 2 unspecified atom stereocenters. The number of hydrogen-bond acceptors (Lipinski definition) is 10. The lowest BCUT2D eigenvalue weighted by Gasteiger charge is -2.53. The molecule has 3 aliphatic rings. The number of anilines is 1. The average molecular weight is 576 g/mol. The fourth-order valence-corrected chi connectivity index (χ4v) is 6.87. The van der Waals surface area contributed by atoms with Gasteiger partial charge in [-0.15, -0.1) is 0 Å². The monoisotopic (exact) mass is 575 g/mol. The van der Waals surface area contributed by atoms with Crippen LogP contribution in [0.15, 0.2) is 35.9 Å². The standard InChI is InChI=1S/C31H33N3O8/c1-33(2)20-13-15(9-8-14-6-5-7-17(35)10-14)25(36)22-18(20)11-16-12-19-24(34(3)4)27(38)23(30(32)41)29(40)31(19,42)28(39)21(16)26(22)37/h5-7,10,13,16,19,23-24,27,35-38,42H,11-12H2,1-4H3,(H2,32,41)/t16-,19-,23?,24-,27?,31-/m0/s1. The molecule has 2 aromatic carbocycles. The fourth-order valence-electron chi connectivity index (χ4n) is 6.87. The van der Waals surface area contributed by atoms with Crippen LogP contribution in [0.2, 0.25) is 0 Å². The summed E-state index contributed by atoms with van der Waals surface area (Å²) < 4.78 is 0. The molecule has 2 aromatic rings. The second-order valence-electron chi connectivity index (χ2n) is 11.6. The maximum absolute atomic E-state index is 14.1. The summed E-state index contributed by atoms with van der Waals surface area (Å²) in [5, 5.41) is 55.5. The lowest BCUT2D eigenvalue weighted by Crippen LogP contribution is -2.73. The Bertz CT molecular complexity index is 1620. The Kier molecular flexibility index (Phi) is 7.05. The lowest BCUT2D eigenvalue weighted by molar-refractivity contribution is -0.184. The van der Waals surface area contributed by atoms with Crippen molar-refractivity contribution in [2.24, 2.45) is 23.5 Å². The van der Waals surface area contributed by atoms with Gasteiger partial charge in [0, 0.05) is 42.9 Å². The van der Waals surface area contributed by atoms with Gasteiger partial charge >= 0.3 is 0 Å². The van der Waals surface area contributed by atoms with Crippen LogP contribution in [-0.4, -0.2) is 93.8 Å². The van der Waals surface area contributed by atoms with Gasteiger partial charge in [-0.2, -0.15) is 0 Å². The molecule has 2 fully saturated rings. The molecule has 7 N–H and O–H groups in total.